The summed E-state index contributed by atoms with van der Waals surface area (Å²) < 4.78 is 32.4. The number of allylic oxidation sites excluding steroid dienone is 1. The zero-order chi connectivity index (χ0) is 38.6. The first-order valence-electron chi connectivity index (χ1n) is 16.3. The van der Waals surface area contributed by atoms with Crippen molar-refractivity contribution < 1.29 is 118 Å². The molecule has 13 heteroatoms. The molecule has 0 fully saturated rings. The number of carbonyl (C=O) groups is 5. The summed E-state index contributed by atoms with van der Waals surface area (Å²) in [7, 11) is 0. The first-order chi connectivity index (χ1) is 24.7. The summed E-state index contributed by atoms with van der Waals surface area (Å²) in [5.74, 6) is -0.00805. The molecule has 11 nitrogen and oxygen atoms in total. The van der Waals surface area contributed by atoms with Crippen molar-refractivity contribution in [3.63, 3.8) is 0 Å². The van der Waals surface area contributed by atoms with E-state index in [9.17, 15) is 24.0 Å². The zero-order valence-electron chi connectivity index (χ0n) is 31.4. The number of ether oxygens (including phenoxy) is 6. The van der Waals surface area contributed by atoms with Gasteiger partial charge in [-0.2, -0.15) is 0 Å². The molecule has 284 valence electrons. The second kappa shape index (κ2) is 27.1. The van der Waals surface area contributed by atoms with E-state index in [1.54, 1.807) is 68.5 Å². The number of rotatable bonds is 23. The first-order valence-corrected chi connectivity index (χ1v) is 16.3. The van der Waals surface area contributed by atoms with Crippen molar-refractivity contribution in [2.45, 2.75) is 40.5 Å². The quantitative estimate of drug-likeness (QED) is 0.0385. The van der Waals surface area contributed by atoms with Gasteiger partial charge in [-0.15, -0.1) is 12.8 Å². The molecule has 0 aliphatic rings. The number of hydrogen-bond donors (Lipinski definition) is 0. The van der Waals surface area contributed by atoms with E-state index < -0.39 is 23.9 Å². The number of hydrogen-bond acceptors (Lipinski definition) is 11. The largest absolute Gasteiger partial charge is 0.496 e. The molecule has 0 saturated heterocycles. The minimum absolute atomic E-state index is 0. The number of ketones is 1. The molecule has 0 aliphatic heterocycles. The Morgan fingerprint density at radius 1 is 0.537 bits per heavy atom. The molecule has 0 aromatic heterocycles. The van der Waals surface area contributed by atoms with Gasteiger partial charge in [0.15, 0.2) is 5.78 Å². The van der Waals surface area contributed by atoms with Crippen molar-refractivity contribution in [2.75, 3.05) is 39.6 Å². The maximum Gasteiger partial charge on any atom is 0.330 e. The molecule has 2 aromatic rings. The molecular weight excluding hydrogens is 846 g/mol. The van der Waals surface area contributed by atoms with Gasteiger partial charge >= 0.3 is 23.9 Å². The first kappa shape index (κ1) is 50.5. The van der Waals surface area contributed by atoms with Crippen LogP contribution in [-0.2, 0) is 104 Å². The van der Waals surface area contributed by atoms with Gasteiger partial charge in [0.25, 0.3) is 0 Å². The topological polar surface area (TPSA) is 141 Å². The fourth-order valence-corrected chi connectivity index (χ4v) is 3.82. The van der Waals surface area contributed by atoms with Gasteiger partial charge in [-0.05, 0) is 102 Å². The van der Waals surface area contributed by atoms with Gasteiger partial charge in [0.2, 0.25) is 0 Å². The van der Waals surface area contributed by atoms with E-state index in [-0.39, 0.29) is 133 Å². The van der Waals surface area contributed by atoms with Gasteiger partial charge in [0, 0.05) is 93.3 Å². The molecule has 2 rings (SSSR count). The smallest absolute Gasteiger partial charge is 0.330 e. The molecule has 2 radical (unpaired) electrons. The van der Waals surface area contributed by atoms with Crippen LogP contribution in [0.3, 0.4) is 0 Å². The third-order valence-corrected chi connectivity index (χ3v) is 6.92. The van der Waals surface area contributed by atoms with Crippen molar-refractivity contribution in [3.05, 3.63) is 126 Å². The molecule has 0 atom stereocenters. The van der Waals surface area contributed by atoms with Gasteiger partial charge in [-0.1, -0.05) is 44.5 Å². The molecule has 0 saturated carbocycles. The van der Waals surface area contributed by atoms with E-state index in [2.05, 4.69) is 26.3 Å². The molecule has 0 heterocycles. The van der Waals surface area contributed by atoms with Crippen LogP contribution in [0.2, 0.25) is 0 Å². The third kappa shape index (κ3) is 20.3. The van der Waals surface area contributed by atoms with Gasteiger partial charge in [0.05, 0.1) is 13.2 Å². The predicted molar refractivity (Wildman–Crippen MR) is 196 cm³/mol. The monoisotopic (exact) mass is 892 g/mol. The molecule has 0 aliphatic carbocycles. The van der Waals surface area contributed by atoms with Crippen LogP contribution >= 0.6 is 0 Å². The van der Waals surface area contributed by atoms with Gasteiger partial charge in [0.1, 0.15) is 11.5 Å². The molecule has 54 heavy (non-hydrogen) atoms. The molecule has 2 aromatic carbocycles. The van der Waals surface area contributed by atoms with Crippen LogP contribution in [0.1, 0.15) is 56.5 Å². The molecule has 0 amide bonds. The van der Waals surface area contributed by atoms with Crippen LogP contribution in [0.25, 0.3) is 6.08 Å². The van der Waals surface area contributed by atoms with Crippen molar-refractivity contribution in [2.24, 2.45) is 0 Å². The Labute approximate surface area is 368 Å². The Balaban J connectivity index is 0.0000140. The van der Waals surface area contributed by atoms with E-state index in [1.165, 1.54) is 19.9 Å². The fourth-order valence-electron chi connectivity index (χ4n) is 3.82. The minimum Gasteiger partial charge on any atom is -0.496 e. The fraction of sp³-hybridized carbons (Fsp3) is 0.293. The van der Waals surface area contributed by atoms with Gasteiger partial charge < -0.3 is 28.4 Å². The summed E-state index contributed by atoms with van der Waals surface area (Å²) in [6.07, 6.45) is 3.87. The SMILES string of the molecule is C=C(C)C(=O)OC[C-](CCOc1ccc(/C=C/C(=O)c2ccc(OCC[C-](COC(=O)C(=C)C)COC(=O)C(=C)C)cc2)cc1)COC(=O)C(=C)C.[Y].[Y]. The molecule has 0 bridgehead atoms. The number of carbonyl (C=O) groups excluding carboxylic acids is 5. The minimum atomic E-state index is -0.551. The van der Waals surface area contributed by atoms with E-state index in [1.807, 2.05) is 0 Å². The van der Waals surface area contributed by atoms with Crippen LogP contribution in [-0.4, -0.2) is 69.3 Å². The average Bonchev–Trinajstić information content (AvgIpc) is 3.12. The summed E-state index contributed by atoms with van der Waals surface area (Å²) in [6, 6.07) is 13.8. The molecule has 0 spiro atoms. The standard InChI is InChI=1S/C41H46O11.2Y/c1-27(2)38(43)49-23-32(24-50-39(44)28(3)4)19-21-47-35-14-9-31(10-15-35)11-18-37(42)34-12-16-36(17-13-34)48-22-20-33(25-51-40(45)29(5)6)26-52-41(46)30(7)8;;/h9-18H,1,3,5,7,19-26H2,2,4,6,8H3;;/q-2;;/b18-11+;;. The summed E-state index contributed by atoms with van der Waals surface area (Å²) >= 11 is 0. The Morgan fingerprint density at radius 2 is 0.852 bits per heavy atom. The average molecular weight is 893 g/mol. The van der Waals surface area contributed by atoms with Crippen LogP contribution in [0.5, 0.6) is 11.5 Å². The van der Waals surface area contributed by atoms with Crippen LogP contribution in [0, 0.1) is 11.8 Å². The predicted octanol–water partition coefficient (Wildman–Crippen LogP) is 6.74. The van der Waals surface area contributed by atoms with Crippen LogP contribution in [0.4, 0.5) is 0 Å². The summed E-state index contributed by atoms with van der Waals surface area (Å²) in [5.41, 5.74) is 2.27. The maximum atomic E-state index is 12.8. The van der Waals surface area contributed by atoms with Crippen molar-refractivity contribution >= 4 is 35.7 Å². The normalized spacial score (nSPS) is 10.3. The Bertz CT molecular complexity index is 1580. The van der Waals surface area contributed by atoms with Crippen molar-refractivity contribution in [1.82, 2.24) is 0 Å². The van der Waals surface area contributed by atoms with Crippen molar-refractivity contribution in [3.8, 4) is 11.5 Å². The summed E-state index contributed by atoms with van der Waals surface area (Å²) in [5, 5.41) is 0. The third-order valence-electron chi connectivity index (χ3n) is 6.92. The van der Waals surface area contributed by atoms with Crippen LogP contribution in [0.15, 0.2) is 103 Å². The Hall–Kier alpha value is -3.50. The molecule has 0 unspecified atom stereocenters. The second-order valence-electron chi connectivity index (χ2n) is 11.9. The van der Waals surface area contributed by atoms with Gasteiger partial charge in [-0.3, -0.25) is 4.79 Å². The summed E-state index contributed by atoms with van der Waals surface area (Å²) in [4.78, 5) is 60.0. The molecule has 0 N–H and O–H groups in total. The maximum absolute atomic E-state index is 12.8. The van der Waals surface area contributed by atoms with Crippen molar-refractivity contribution in [1.29, 1.82) is 0 Å². The van der Waals surface area contributed by atoms with Crippen LogP contribution < -0.4 is 9.47 Å². The Morgan fingerprint density at radius 3 is 1.17 bits per heavy atom. The van der Waals surface area contributed by atoms with E-state index >= 15 is 0 Å². The summed E-state index contributed by atoms with van der Waals surface area (Å²) in [6.45, 7) is 20.6. The van der Waals surface area contributed by atoms with Gasteiger partial charge in [-0.25, -0.2) is 31.0 Å². The Kier molecular flexibility index (Phi) is 25.4. The number of benzene rings is 2. The van der Waals surface area contributed by atoms with E-state index in [0.29, 0.717) is 41.7 Å². The number of esters is 4. The molecular formula is C41H46O11Y2-2. The zero-order valence-corrected chi connectivity index (χ0v) is 37.1. The van der Waals surface area contributed by atoms with E-state index in [4.69, 9.17) is 28.4 Å². The second-order valence-corrected chi connectivity index (χ2v) is 11.9. The van der Waals surface area contributed by atoms with E-state index in [0.717, 1.165) is 5.56 Å².